The van der Waals surface area contributed by atoms with Crippen molar-refractivity contribution in [3.63, 3.8) is 0 Å². The minimum Gasteiger partial charge on any atom is -0.361 e. The van der Waals surface area contributed by atoms with Crippen LogP contribution in [0.5, 0.6) is 0 Å². The molecule has 0 saturated heterocycles. The number of nitrogens with zero attached hydrogens (tertiary/aromatic N) is 1. The van der Waals surface area contributed by atoms with Gasteiger partial charge in [-0.1, -0.05) is 5.16 Å². The van der Waals surface area contributed by atoms with Gasteiger partial charge in [0.1, 0.15) is 5.76 Å². The number of carbonyl (C=O) groups is 1. The summed E-state index contributed by atoms with van der Waals surface area (Å²) in [6.45, 7) is 6.32. The topological polar surface area (TPSA) is 55.1 Å². The summed E-state index contributed by atoms with van der Waals surface area (Å²) in [6, 6.07) is 3.76. The van der Waals surface area contributed by atoms with Crippen molar-refractivity contribution in [1.29, 1.82) is 0 Å². The lowest BCUT2D eigenvalue weighted by atomic mass is 10.2. The fraction of sp³-hybridized carbons (Fsp3) is 0.333. The number of aromatic nitrogens is 1. The Morgan fingerprint density at radius 3 is 2.82 bits per heavy atom. The second-order valence-electron chi connectivity index (χ2n) is 3.72. The van der Waals surface area contributed by atoms with Gasteiger partial charge in [0.25, 0.3) is 5.91 Å². The highest BCUT2D eigenvalue weighted by molar-refractivity contribution is 7.17. The van der Waals surface area contributed by atoms with Crippen LogP contribution < -0.4 is 5.32 Å². The van der Waals surface area contributed by atoms with Crippen LogP contribution >= 0.6 is 11.3 Å². The molecule has 4 nitrogen and oxygen atoms in total. The first kappa shape index (κ1) is 11.9. The average molecular weight is 250 g/mol. The first-order valence-electron chi connectivity index (χ1n) is 5.44. The maximum absolute atomic E-state index is 11.7. The molecule has 90 valence electrons. The van der Waals surface area contributed by atoms with Crippen molar-refractivity contribution in [2.24, 2.45) is 0 Å². The van der Waals surface area contributed by atoms with Gasteiger partial charge in [-0.25, -0.2) is 0 Å². The number of hydrogen-bond donors (Lipinski definition) is 1. The largest absolute Gasteiger partial charge is 0.361 e. The molecule has 0 aliphatic carbocycles. The van der Waals surface area contributed by atoms with Crippen LogP contribution in [0.2, 0.25) is 0 Å². The van der Waals surface area contributed by atoms with E-state index in [-0.39, 0.29) is 5.91 Å². The maximum Gasteiger partial charge on any atom is 0.261 e. The van der Waals surface area contributed by atoms with Crippen LogP contribution in [0.1, 0.15) is 28.0 Å². The Kier molecular flexibility index (Phi) is 3.28. The van der Waals surface area contributed by atoms with E-state index in [2.05, 4.69) is 10.5 Å². The van der Waals surface area contributed by atoms with E-state index in [1.54, 1.807) is 0 Å². The Morgan fingerprint density at radius 2 is 2.24 bits per heavy atom. The van der Waals surface area contributed by atoms with E-state index in [4.69, 9.17) is 4.52 Å². The average Bonchev–Trinajstić information content (AvgIpc) is 2.86. The first-order valence-corrected chi connectivity index (χ1v) is 6.26. The van der Waals surface area contributed by atoms with Gasteiger partial charge in [0.2, 0.25) is 0 Å². The van der Waals surface area contributed by atoms with Gasteiger partial charge < -0.3 is 9.84 Å². The van der Waals surface area contributed by atoms with Crippen LogP contribution in [-0.2, 0) is 0 Å². The van der Waals surface area contributed by atoms with Crippen molar-refractivity contribution in [3.05, 3.63) is 28.5 Å². The van der Waals surface area contributed by atoms with Crippen molar-refractivity contribution >= 4 is 17.2 Å². The highest BCUT2D eigenvalue weighted by Crippen LogP contribution is 2.32. The summed E-state index contributed by atoms with van der Waals surface area (Å²) in [6.07, 6.45) is 0. The molecule has 0 aromatic carbocycles. The molecule has 0 unspecified atom stereocenters. The van der Waals surface area contributed by atoms with Crippen LogP contribution in [0.3, 0.4) is 0 Å². The molecule has 0 aliphatic heterocycles. The summed E-state index contributed by atoms with van der Waals surface area (Å²) >= 11 is 1.45. The highest BCUT2D eigenvalue weighted by atomic mass is 32.1. The van der Waals surface area contributed by atoms with E-state index in [0.29, 0.717) is 11.4 Å². The van der Waals surface area contributed by atoms with Crippen molar-refractivity contribution in [2.75, 3.05) is 6.54 Å². The van der Waals surface area contributed by atoms with Crippen molar-refractivity contribution < 1.29 is 9.32 Å². The van der Waals surface area contributed by atoms with Gasteiger partial charge in [-0.3, -0.25) is 4.79 Å². The van der Waals surface area contributed by atoms with E-state index in [1.165, 1.54) is 11.3 Å². The Bertz CT molecular complexity index is 523. The normalized spacial score (nSPS) is 10.5. The molecule has 0 bridgehead atoms. The van der Waals surface area contributed by atoms with Gasteiger partial charge in [0.05, 0.1) is 16.1 Å². The molecule has 0 aliphatic rings. The van der Waals surface area contributed by atoms with Gasteiger partial charge in [-0.2, -0.15) is 0 Å². The number of amides is 1. The number of nitrogens with one attached hydrogen (secondary N) is 1. The Hall–Kier alpha value is -1.62. The van der Waals surface area contributed by atoms with Crippen molar-refractivity contribution in [2.45, 2.75) is 20.8 Å². The minimum atomic E-state index is -0.0319. The van der Waals surface area contributed by atoms with Crippen LogP contribution in [0.4, 0.5) is 0 Å². The fourth-order valence-corrected chi connectivity index (χ4v) is 2.74. The fourth-order valence-electron chi connectivity index (χ4n) is 1.68. The summed E-state index contributed by atoms with van der Waals surface area (Å²) in [7, 11) is 0. The zero-order valence-electron chi connectivity index (χ0n) is 10.0. The van der Waals surface area contributed by atoms with E-state index in [0.717, 1.165) is 21.9 Å². The first-order chi connectivity index (χ1) is 8.13. The smallest absolute Gasteiger partial charge is 0.261 e. The Morgan fingerprint density at radius 1 is 1.47 bits per heavy atom. The second kappa shape index (κ2) is 4.71. The predicted molar refractivity (Wildman–Crippen MR) is 67.3 cm³/mol. The zero-order valence-corrected chi connectivity index (χ0v) is 10.9. The molecular weight excluding hydrogens is 236 g/mol. The third kappa shape index (κ3) is 2.24. The van der Waals surface area contributed by atoms with Crippen molar-refractivity contribution in [3.8, 4) is 10.4 Å². The van der Waals surface area contributed by atoms with Crippen molar-refractivity contribution in [1.82, 2.24) is 10.5 Å². The summed E-state index contributed by atoms with van der Waals surface area (Å²) in [5.74, 6) is 0.752. The summed E-state index contributed by atoms with van der Waals surface area (Å²) < 4.78 is 5.12. The molecule has 0 atom stereocenters. The standard InChI is InChI=1S/C12H14N2O2S/c1-4-13-12(15)10-6-5-9(17-10)11-7(2)14-16-8(11)3/h5-6H,4H2,1-3H3,(H,13,15). The van der Waals surface area contributed by atoms with Gasteiger partial charge in [0, 0.05) is 11.4 Å². The summed E-state index contributed by atoms with van der Waals surface area (Å²) in [5, 5.41) is 6.70. The van der Waals surface area contributed by atoms with E-state index >= 15 is 0 Å². The Labute approximate surface area is 104 Å². The molecular formula is C12H14N2O2S. The quantitative estimate of drug-likeness (QED) is 0.911. The van der Waals surface area contributed by atoms with Crippen LogP contribution in [0, 0.1) is 13.8 Å². The van der Waals surface area contributed by atoms with E-state index in [9.17, 15) is 4.79 Å². The maximum atomic E-state index is 11.7. The third-order valence-electron chi connectivity index (χ3n) is 2.45. The lowest BCUT2D eigenvalue weighted by Crippen LogP contribution is -2.21. The van der Waals surface area contributed by atoms with Gasteiger partial charge in [-0.05, 0) is 32.9 Å². The predicted octanol–water partition coefficient (Wildman–Crippen LogP) is 2.77. The highest BCUT2D eigenvalue weighted by Gasteiger charge is 2.15. The molecule has 2 heterocycles. The second-order valence-corrected chi connectivity index (χ2v) is 4.81. The summed E-state index contributed by atoms with van der Waals surface area (Å²) in [4.78, 5) is 13.4. The van der Waals surface area contributed by atoms with Crippen LogP contribution in [0.25, 0.3) is 10.4 Å². The molecule has 0 radical (unpaired) electrons. The molecule has 1 N–H and O–H groups in total. The number of carbonyl (C=O) groups excluding carboxylic acids is 1. The lowest BCUT2D eigenvalue weighted by Gasteiger charge is -1.97. The number of aryl methyl sites for hydroxylation is 2. The minimum absolute atomic E-state index is 0.0319. The third-order valence-corrected chi connectivity index (χ3v) is 3.55. The van der Waals surface area contributed by atoms with E-state index in [1.807, 2.05) is 32.9 Å². The lowest BCUT2D eigenvalue weighted by molar-refractivity contribution is 0.0960. The number of rotatable bonds is 3. The van der Waals surface area contributed by atoms with Gasteiger partial charge in [-0.15, -0.1) is 11.3 Å². The zero-order chi connectivity index (χ0) is 12.4. The molecule has 2 aromatic rings. The molecule has 5 heteroatoms. The molecule has 17 heavy (non-hydrogen) atoms. The molecule has 0 fully saturated rings. The van der Waals surface area contributed by atoms with E-state index < -0.39 is 0 Å². The van der Waals surface area contributed by atoms with Gasteiger partial charge >= 0.3 is 0 Å². The summed E-state index contributed by atoms with van der Waals surface area (Å²) in [5.41, 5.74) is 1.84. The number of hydrogen-bond acceptors (Lipinski definition) is 4. The van der Waals surface area contributed by atoms with Crippen LogP contribution in [0.15, 0.2) is 16.7 Å². The number of thiophene rings is 1. The molecule has 2 rings (SSSR count). The SMILES string of the molecule is CCNC(=O)c1ccc(-c2c(C)noc2C)s1. The molecule has 0 spiro atoms. The Balaban J connectivity index is 2.33. The molecule has 1 amide bonds. The monoisotopic (exact) mass is 250 g/mol. The van der Waals surface area contributed by atoms with Crippen LogP contribution in [-0.4, -0.2) is 17.6 Å². The molecule has 0 saturated carbocycles. The van der Waals surface area contributed by atoms with Gasteiger partial charge in [0.15, 0.2) is 0 Å². The molecule has 2 aromatic heterocycles.